The van der Waals surface area contributed by atoms with Gasteiger partial charge in [-0.05, 0) is 35.0 Å². The van der Waals surface area contributed by atoms with Crippen molar-refractivity contribution in [2.24, 2.45) is 5.84 Å². The fourth-order valence-corrected chi connectivity index (χ4v) is 1.53. The molecule has 0 fully saturated rings. The van der Waals surface area contributed by atoms with Crippen LogP contribution in [0.25, 0.3) is 0 Å². The molecule has 1 aromatic carbocycles. The number of aromatic nitrogens is 3. The van der Waals surface area contributed by atoms with Gasteiger partial charge < -0.3 is 9.47 Å². The predicted octanol–water partition coefficient (Wildman–Crippen LogP) is 2.25. The van der Waals surface area contributed by atoms with Gasteiger partial charge in [-0.1, -0.05) is 0 Å². The van der Waals surface area contributed by atoms with Gasteiger partial charge in [-0.15, -0.1) is 4.98 Å². The second kappa shape index (κ2) is 6.44. The number of nitrogen functional groups attached to an aromatic ring is 1. The molecular weight excluding hydrogens is 333 g/mol. The minimum absolute atomic E-state index is 0.0573. The standard InChI is InChI=1S/C11H11BrFN5O2/c1-2-19-10-15-9(18-14)16-11(17-10)20-6-3-4-7(12)8(13)5-6/h3-5H,2,14H2,1H3,(H,15,16,17,18). The number of nitrogens with two attached hydrogens (primary N) is 1. The Morgan fingerprint density at radius 3 is 2.70 bits per heavy atom. The lowest BCUT2D eigenvalue weighted by molar-refractivity contribution is 0.303. The molecule has 3 N–H and O–H groups in total. The highest BCUT2D eigenvalue weighted by Crippen LogP contribution is 2.24. The van der Waals surface area contributed by atoms with Gasteiger partial charge in [0.15, 0.2) is 0 Å². The highest BCUT2D eigenvalue weighted by Gasteiger charge is 2.10. The Kier molecular flexibility index (Phi) is 4.64. The molecule has 0 saturated heterocycles. The summed E-state index contributed by atoms with van der Waals surface area (Å²) in [6.07, 6.45) is 0. The van der Waals surface area contributed by atoms with Crippen molar-refractivity contribution in [2.75, 3.05) is 12.0 Å². The fourth-order valence-electron chi connectivity index (χ4n) is 1.29. The monoisotopic (exact) mass is 343 g/mol. The summed E-state index contributed by atoms with van der Waals surface area (Å²) in [6, 6.07) is 4.27. The molecule has 0 aliphatic rings. The van der Waals surface area contributed by atoms with Crippen LogP contribution in [0.4, 0.5) is 10.3 Å². The molecule has 0 atom stereocenters. The van der Waals surface area contributed by atoms with Gasteiger partial charge in [-0.3, -0.25) is 5.43 Å². The van der Waals surface area contributed by atoms with Crippen LogP contribution in [0.3, 0.4) is 0 Å². The molecule has 20 heavy (non-hydrogen) atoms. The van der Waals surface area contributed by atoms with Gasteiger partial charge in [0.1, 0.15) is 11.6 Å². The molecule has 0 spiro atoms. The first-order valence-corrected chi connectivity index (χ1v) is 6.40. The van der Waals surface area contributed by atoms with Crippen LogP contribution in [-0.2, 0) is 0 Å². The quantitative estimate of drug-likeness (QED) is 0.634. The van der Waals surface area contributed by atoms with E-state index in [0.717, 1.165) is 0 Å². The lowest BCUT2D eigenvalue weighted by atomic mass is 10.3. The first kappa shape index (κ1) is 14.4. The molecule has 0 aliphatic heterocycles. The number of nitrogens with one attached hydrogen (secondary N) is 1. The van der Waals surface area contributed by atoms with Crippen molar-refractivity contribution >= 4 is 21.9 Å². The van der Waals surface area contributed by atoms with Crippen molar-refractivity contribution in [1.29, 1.82) is 0 Å². The van der Waals surface area contributed by atoms with Crippen LogP contribution >= 0.6 is 15.9 Å². The van der Waals surface area contributed by atoms with E-state index in [-0.39, 0.29) is 23.7 Å². The number of rotatable bonds is 5. The minimum Gasteiger partial charge on any atom is -0.464 e. The topological polar surface area (TPSA) is 95.2 Å². The number of hydrogen-bond donors (Lipinski definition) is 2. The van der Waals surface area contributed by atoms with Crippen molar-refractivity contribution in [1.82, 2.24) is 15.0 Å². The molecule has 106 valence electrons. The molecule has 2 rings (SSSR count). The average Bonchev–Trinajstić information content (AvgIpc) is 2.43. The number of halogens is 2. The zero-order valence-electron chi connectivity index (χ0n) is 10.4. The van der Waals surface area contributed by atoms with Crippen molar-refractivity contribution in [2.45, 2.75) is 6.92 Å². The highest BCUT2D eigenvalue weighted by molar-refractivity contribution is 9.10. The summed E-state index contributed by atoms with van der Waals surface area (Å²) < 4.78 is 24.2. The summed E-state index contributed by atoms with van der Waals surface area (Å²) in [7, 11) is 0. The van der Waals surface area contributed by atoms with E-state index in [1.54, 1.807) is 13.0 Å². The van der Waals surface area contributed by atoms with Crippen LogP contribution < -0.4 is 20.7 Å². The van der Waals surface area contributed by atoms with Crippen LogP contribution in [0.5, 0.6) is 17.8 Å². The summed E-state index contributed by atoms with van der Waals surface area (Å²) in [5, 5.41) is 0. The molecule has 2 aromatic rings. The first-order chi connectivity index (χ1) is 9.62. The predicted molar refractivity (Wildman–Crippen MR) is 73.0 cm³/mol. The smallest absolute Gasteiger partial charge is 0.330 e. The minimum atomic E-state index is -0.459. The van der Waals surface area contributed by atoms with Crippen molar-refractivity contribution in [3.05, 3.63) is 28.5 Å². The van der Waals surface area contributed by atoms with Crippen molar-refractivity contribution in [3.8, 4) is 17.8 Å². The SMILES string of the molecule is CCOc1nc(NN)nc(Oc2ccc(Br)c(F)c2)n1. The third-order valence-electron chi connectivity index (χ3n) is 2.10. The maximum Gasteiger partial charge on any atom is 0.330 e. The Morgan fingerprint density at radius 1 is 1.30 bits per heavy atom. The number of benzene rings is 1. The Bertz CT molecular complexity index is 613. The Morgan fingerprint density at radius 2 is 2.05 bits per heavy atom. The molecule has 0 amide bonds. The second-order valence-corrected chi connectivity index (χ2v) is 4.33. The lowest BCUT2D eigenvalue weighted by Crippen LogP contribution is -2.12. The maximum atomic E-state index is 13.4. The van der Waals surface area contributed by atoms with E-state index >= 15 is 0 Å². The van der Waals surface area contributed by atoms with Crippen LogP contribution in [0.1, 0.15) is 6.92 Å². The van der Waals surface area contributed by atoms with E-state index in [9.17, 15) is 4.39 Å². The molecule has 1 aromatic heterocycles. The van der Waals surface area contributed by atoms with Crippen LogP contribution in [0, 0.1) is 5.82 Å². The molecule has 7 nitrogen and oxygen atoms in total. The summed E-state index contributed by atoms with van der Waals surface area (Å²) in [4.78, 5) is 11.7. The molecular formula is C11H11BrFN5O2. The summed E-state index contributed by atoms with van der Waals surface area (Å²) >= 11 is 3.05. The van der Waals surface area contributed by atoms with Gasteiger partial charge in [0.2, 0.25) is 5.95 Å². The van der Waals surface area contributed by atoms with E-state index in [1.807, 2.05) is 0 Å². The average molecular weight is 344 g/mol. The summed E-state index contributed by atoms with van der Waals surface area (Å²) in [5.74, 6) is 5.10. The summed E-state index contributed by atoms with van der Waals surface area (Å²) in [6.45, 7) is 2.16. The lowest BCUT2D eigenvalue weighted by Gasteiger charge is -2.08. The van der Waals surface area contributed by atoms with Gasteiger partial charge in [-0.25, -0.2) is 10.2 Å². The Labute approximate surface area is 122 Å². The van der Waals surface area contributed by atoms with Gasteiger partial charge in [0, 0.05) is 6.07 Å². The number of hydrazine groups is 1. The molecule has 0 aliphatic carbocycles. The van der Waals surface area contributed by atoms with Crippen LogP contribution in [0.15, 0.2) is 22.7 Å². The van der Waals surface area contributed by atoms with Gasteiger partial charge in [-0.2, -0.15) is 9.97 Å². The maximum absolute atomic E-state index is 13.4. The number of anilines is 1. The Hall–Kier alpha value is -2.00. The molecule has 0 saturated carbocycles. The molecule has 1 heterocycles. The van der Waals surface area contributed by atoms with Crippen LogP contribution in [0.2, 0.25) is 0 Å². The second-order valence-electron chi connectivity index (χ2n) is 3.48. The third-order valence-corrected chi connectivity index (χ3v) is 2.74. The normalized spacial score (nSPS) is 10.2. The number of hydrogen-bond acceptors (Lipinski definition) is 7. The molecule has 0 unspecified atom stereocenters. The Balaban J connectivity index is 2.27. The van der Waals surface area contributed by atoms with E-state index in [1.165, 1.54) is 12.1 Å². The fraction of sp³-hybridized carbons (Fsp3) is 0.182. The van der Waals surface area contributed by atoms with E-state index in [2.05, 4.69) is 36.3 Å². The highest BCUT2D eigenvalue weighted by atomic mass is 79.9. The number of ether oxygens (including phenoxy) is 2. The van der Waals surface area contributed by atoms with E-state index in [0.29, 0.717) is 11.1 Å². The van der Waals surface area contributed by atoms with E-state index in [4.69, 9.17) is 15.3 Å². The summed E-state index contributed by atoms with van der Waals surface area (Å²) in [5.41, 5.74) is 2.27. The van der Waals surface area contributed by atoms with Gasteiger partial charge in [0.25, 0.3) is 0 Å². The molecule has 0 bridgehead atoms. The van der Waals surface area contributed by atoms with Crippen LogP contribution in [-0.4, -0.2) is 21.6 Å². The van der Waals surface area contributed by atoms with Gasteiger partial charge >= 0.3 is 12.0 Å². The van der Waals surface area contributed by atoms with Crippen molar-refractivity contribution < 1.29 is 13.9 Å². The van der Waals surface area contributed by atoms with Crippen molar-refractivity contribution in [3.63, 3.8) is 0 Å². The molecule has 0 radical (unpaired) electrons. The zero-order valence-corrected chi connectivity index (χ0v) is 12.0. The molecule has 9 heteroatoms. The third kappa shape index (κ3) is 3.52. The largest absolute Gasteiger partial charge is 0.464 e. The number of nitrogens with zero attached hydrogens (tertiary/aromatic N) is 3. The zero-order chi connectivity index (χ0) is 14.5. The van der Waals surface area contributed by atoms with Gasteiger partial charge in [0.05, 0.1) is 11.1 Å². The first-order valence-electron chi connectivity index (χ1n) is 5.60. The van der Waals surface area contributed by atoms with E-state index < -0.39 is 5.82 Å².